The van der Waals surface area contributed by atoms with Gasteiger partial charge in [-0.15, -0.1) is 0 Å². The monoisotopic (exact) mass is 357 g/mol. The lowest BCUT2D eigenvalue weighted by atomic mass is 10.1. The second-order valence-electron chi connectivity index (χ2n) is 5.73. The summed E-state index contributed by atoms with van der Waals surface area (Å²) in [6.45, 7) is 3.46. The second-order valence-corrected chi connectivity index (χ2v) is 5.73. The number of benzene rings is 2. The predicted octanol–water partition coefficient (Wildman–Crippen LogP) is 2.25. The van der Waals surface area contributed by atoms with E-state index in [4.69, 9.17) is 0 Å². The molecule has 0 atom stereocenters. The van der Waals surface area contributed by atoms with Crippen molar-refractivity contribution in [1.29, 1.82) is 0 Å². The molecule has 0 heterocycles. The van der Waals surface area contributed by atoms with E-state index in [-0.39, 0.29) is 30.5 Å². The Kier molecular flexibility index (Phi) is 6.43. The summed E-state index contributed by atoms with van der Waals surface area (Å²) in [4.78, 5) is 34.9. The Morgan fingerprint density at radius 2 is 1.42 bits per heavy atom. The first-order valence-corrected chi connectivity index (χ1v) is 8.07. The van der Waals surface area contributed by atoms with Gasteiger partial charge in [-0.2, -0.15) is 0 Å². The summed E-state index contributed by atoms with van der Waals surface area (Å²) < 4.78 is 13.5. The molecule has 2 aromatic carbocycles. The molecular formula is C19H20FN3O3. The van der Waals surface area contributed by atoms with Crippen LogP contribution in [0.4, 0.5) is 10.1 Å². The Balaban J connectivity index is 1.78. The van der Waals surface area contributed by atoms with E-state index in [1.165, 1.54) is 19.1 Å². The molecule has 0 radical (unpaired) electrons. The Labute approximate surface area is 150 Å². The fourth-order valence-corrected chi connectivity index (χ4v) is 2.20. The molecule has 0 bridgehead atoms. The molecule has 3 N–H and O–H groups in total. The lowest BCUT2D eigenvalue weighted by Gasteiger charge is -2.08. The minimum absolute atomic E-state index is 0.189. The summed E-state index contributed by atoms with van der Waals surface area (Å²) >= 11 is 0. The number of halogens is 1. The van der Waals surface area contributed by atoms with E-state index in [1.54, 1.807) is 37.3 Å². The van der Waals surface area contributed by atoms with Crippen molar-refractivity contribution < 1.29 is 18.8 Å². The number of hydrogen-bond acceptors (Lipinski definition) is 3. The van der Waals surface area contributed by atoms with Crippen molar-refractivity contribution in [3.63, 3.8) is 0 Å². The maximum atomic E-state index is 13.5. The molecule has 0 aliphatic heterocycles. The van der Waals surface area contributed by atoms with Crippen LogP contribution < -0.4 is 16.0 Å². The molecule has 0 aromatic heterocycles. The van der Waals surface area contributed by atoms with Crippen LogP contribution in [0.15, 0.2) is 42.5 Å². The van der Waals surface area contributed by atoms with Gasteiger partial charge in [0.15, 0.2) is 0 Å². The summed E-state index contributed by atoms with van der Waals surface area (Å²) in [5.41, 5.74) is 1.74. The first kappa shape index (κ1) is 19.1. The number of carbonyl (C=O) groups is 3. The molecule has 0 aliphatic rings. The molecule has 0 saturated carbocycles. The molecule has 2 aromatic rings. The third kappa shape index (κ3) is 5.41. The smallest absolute Gasteiger partial charge is 0.251 e. The van der Waals surface area contributed by atoms with E-state index in [1.807, 2.05) is 0 Å². The van der Waals surface area contributed by atoms with E-state index < -0.39 is 11.7 Å². The zero-order valence-electron chi connectivity index (χ0n) is 14.6. The number of hydrogen-bond donors (Lipinski definition) is 3. The first-order chi connectivity index (χ1) is 12.4. The van der Waals surface area contributed by atoms with E-state index in [2.05, 4.69) is 16.0 Å². The number of nitrogens with one attached hydrogen (secondary N) is 3. The topological polar surface area (TPSA) is 87.3 Å². The van der Waals surface area contributed by atoms with E-state index in [0.29, 0.717) is 16.8 Å². The molecule has 7 heteroatoms. The number of aryl methyl sites for hydroxylation is 1. The van der Waals surface area contributed by atoms with Crippen LogP contribution in [-0.2, 0) is 4.79 Å². The molecule has 0 fully saturated rings. The molecular weight excluding hydrogens is 337 g/mol. The molecule has 136 valence electrons. The highest BCUT2D eigenvalue weighted by atomic mass is 19.1. The summed E-state index contributed by atoms with van der Waals surface area (Å²) in [5.74, 6) is -1.33. The van der Waals surface area contributed by atoms with Gasteiger partial charge in [0.25, 0.3) is 11.8 Å². The van der Waals surface area contributed by atoms with Gasteiger partial charge >= 0.3 is 0 Å². The molecule has 3 amide bonds. The van der Waals surface area contributed by atoms with Crippen molar-refractivity contribution in [2.24, 2.45) is 0 Å². The molecule has 6 nitrogen and oxygen atoms in total. The number of amides is 3. The maximum Gasteiger partial charge on any atom is 0.251 e. The van der Waals surface area contributed by atoms with Gasteiger partial charge in [-0.3, -0.25) is 14.4 Å². The number of rotatable bonds is 6. The quantitative estimate of drug-likeness (QED) is 0.693. The van der Waals surface area contributed by atoms with Gasteiger partial charge in [-0.1, -0.05) is 6.07 Å². The summed E-state index contributed by atoms with van der Waals surface area (Å²) in [7, 11) is 0. The summed E-state index contributed by atoms with van der Waals surface area (Å²) in [5, 5.41) is 7.90. The summed E-state index contributed by atoms with van der Waals surface area (Å²) in [6, 6.07) is 10.7. The predicted molar refractivity (Wildman–Crippen MR) is 96.5 cm³/mol. The maximum absolute atomic E-state index is 13.5. The zero-order chi connectivity index (χ0) is 19.1. The van der Waals surface area contributed by atoms with Crippen LogP contribution in [0.2, 0.25) is 0 Å². The Hall–Kier alpha value is -3.22. The first-order valence-electron chi connectivity index (χ1n) is 8.07. The molecule has 26 heavy (non-hydrogen) atoms. The van der Waals surface area contributed by atoms with Gasteiger partial charge in [0.1, 0.15) is 5.82 Å². The van der Waals surface area contributed by atoms with Gasteiger partial charge in [-0.05, 0) is 48.9 Å². The molecule has 0 spiro atoms. The highest BCUT2D eigenvalue weighted by Crippen LogP contribution is 2.10. The van der Waals surface area contributed by atoms with Crippen LogP contribution in [0.1, 0.15) is 33.2 Å². The van der Waals surface area contributed by atoms with Crippen LogP contribution in [0, 0.1) is 12.7 Å². The lowest BCUT2D eigenvalue weighted by Crippen LogP contribution is -2.34. The summed E-state index contributed by atoms with van der Waals surface area (Å²) in [6.07, 6.45) is 0. The normalized spacial score (nSPS) is 10.1. The molecule has 0 unspecified atom stereocenters. The standard InChI is InChI=1S/C19H20FN3O3/c1-12-3-4-15(11-17(12)20)19(26)22-10-9-21-18(25)14-5-7-16(8-6-14)23-13(2)24/h3-8,11H,9-10H2,1-2H3,(H,21,25)(H,22,26)(H,23,24). The van der Waals surface area contributed by atoms with Crippen molar-refractivity contribution in [2.75, 3.05) is 18.4 Å². The largest absolute Gasteiger partial charge is 0.350 e. The Morgan fingerprint density at radius 3 is 1.96 bits per heavy atom. The Bertz CT molecular complexity index is 819. The van der Waals surface area contributed by atoms with Crippen LogP contribution in [0.5, 0.6) is 0 Å². The van der Waals surface area contributed by atoms with Gasteiger partial charge in [0, 0.05) is 36.8 Å². The van der Waals surface area contributed by atoms with Crippen molar-refractivity contribution in [3.05, 3.63) is 65.0 Å². The van der Waals surface area contributed by atoms with Crippen molar-refractivity contribution in [2.45, 2.75) is 13.8 Å². The van der Waals surface area contributed by atoms with E-state index >= 15 is 0 Å². The van der Waals surface area contributed by atoms with Gasteiger partial charge in [0.2, 0.25) is 5.91 Å². The highest BCUT2D eigenvalue weighted by molar-refractivity contribution is 5.96. The second kappa shape index (κ2) is 8.75. The van der Waals surface area contributed by atoms with Crippen LogP contribution in [0.25, 0.3) is 0 Å². The number of carbonyl (C=O) groups excluding carboxylic acids is 3. The van der Waals surface area contributed by atoms with Crippen LogP contribution in [0.3, 0.4) is 0 Å². The van der Waals surface area contributed by atoms with Crippen LogP contribution >= 0.6 is 0 Å². The Morgan fingerprint density at radius 1 is 0.885 bits per heavy atom. The average molecular weight is 357 g/mol. The van der Waals surface area contributed by atoms with Gasteiger partial charge in [0.05, 0.1) is 0 Å². The molecule has 0 saturated heterocycles. The molecule has 2 rings (SSSR count). The minimum atomic E-state index is -0.436. The SMILES string of the molecule is CC(=O)Nc1ccc(C(=O)NCCNC(=O)c2ccc(C)c(F)c2)cc1. The fraction of sp³-hybridized carbons (Fsp3) is 0.211. The minimum Gasteiger partial charge on any atom is -0.350 e. The third-order valence-electron chi connectivity index (χ3n) is 3.60. The highest BCUT2D eigenvalue weighted by Gasteiger charge is 2.09. The van der Waals surface area contributed by atoms with Crippen LogP contribution in [-0.4, -0.2) is 30.8 Å². The molecule has 0 aliphatic carbocycles. The van der Waals surface area contributed by atoms with E-state index in [0.717, 1.165) is 0 Å². The van der Waals surface area contributed by atoms with E-state index in [9.17, 15) is 18.8 Å². The van der Waals surface area contributed by atoms with Crippen molar-refractivity contribution in [1.82, 2.24) is 10.6 Å². The number of anilines is 1. The zero-order valence-corrected chi connectivity index (χ0v) is 14.6. The third-order valence-corrected chi connectivity index (χ3v) is 3.60. The average Bonchev–Trinajstić information content (AvgIpc) is 2.60. The van der Waals surface area contributed by atoms with Crippen molar-refractivity contribution >= 4 is 23.4 Å². The van der Waals surface area contributed by atoms with Gasteiger partial charge in [-0.25, -0.2) is 4.39 Å². The van der Waals surface area contributed by atoms with Gasteiger partial charge < -0.3 is 16.0 Å². The van der Waals surface area contributed by atoms with Crippen molar-refractivity contribution in [3.8, 4) is 0 Å². The fourth-order valence-electron chi connectivity index (χ4n) is 2.20. The lowest BCUT2D eigenvalue weighted by molar-refractivity contribution is -0.114.